The van der Waals surface area contributed by atoms with Gasteiger partial charge in [-0.3, -0.25) is 9.59 Å². The first-order chi connectivity index (χ1) is 9.91. The Kier molecular flexibility index (Phi) is 3.71. The van der Waals surface area contributed by atoms with Crippen molar-refractivity contribution in [3.05, 3.63) is 11.6 Å². The Hall–Kier alpha value is -1.12. The summed E-state index contributed by atoms with van der Waals surface area (Å²) in [6.07, 6.45) is 8.26. The van der Waals surface area contributed by atoms with Gasteiger partial charge in [-0.15, -0.1) is 0 Å². The lowest BCUT2D eigenvalue weighted by Crippen LogP contribution is -2.48. The largest absolute Gasteiger partial charge is 0.462 e. The second-order valence-electron chi connectivity index (χ2n) is 7.45. The monoisotopic (exact) mass is 290 g/mol. The van der Waals surface area contributed by atoms with Gasteiger partial charge in [0.05, 0.1) is 0 Å². The lowest BCUT2D eigenvalue weighted by molar-refractivity contribution is -0.148. The van der Waals surface area contributed by atoms with E-state index >= 15 is 0 Å². The van der Waals surface area contributed by atoms with Crippen LogP contribution in [0, 0.1) is 23.2 Å². The zero-order chi connectivity index (χ0) is 15.2. The van der Waals surface area contributed by atoms with E-state index in [1.807, 2.05) is 0 Å². The number of Topliss-reactive ketones (excluding diaryl/α,β-unsaturated/α-hetero) is 1. The van der Waals surface area contributed by atoms with Crippen molar-refractivity contribution in [1.29, 1.82) is 0 Å². The first kappa shape index (κ1) is 14.8. The van der Waals surface area contributed by atoms with Gasteiger partial charge in [-0.05, 0) is 43.4 Å². The topological polar surface area (TPSA) is 43.4 Å². The van der Waals surface area contributed by atoms with Gasteiger partial charge in [0.1, 0.15) is 11.9 Å². The van der Waals surface area contributed by atoms with Gasteiger partial charge in [0.25, 0.3) is 0 Å². The minimum atomic E-state index is -0.181. The molecule has 5 atom stereocenters. The standard InChI is InChI=1S/C18H26O3/c1-11-4-7-16-15(17(11)20)6-5-13-10-14(21-12(2)19)8-9-18(13,16)3/h5,11,14-16H,4,6-10H2,1-3H3. The van der Waals surface area contributed by atoms with Crippen LogP contribution in [0.2, 0.25) is 0 Å². The van der Waals surface area contributed by atoms with E-state index in [-0.39, 0.29) is 29.3 Å². The summed E-state index contributed by atoms with van der Waals surface area (Å²) in [4.78, 5) is 23.7. The van der Waals surface area contributed by atoms with E-state index in [1.54, 1.807) is 0 Å². The van der Waals surface area contributed by atoms with Crippen molar-refractivity contribution in [2.75, 3.05) is 0 Å². The molecule has 3 aliphatic rings. The molecule has 0 saturated heterocycles. The van der Waals surface area contributed by atoms with Crippen molar-refractivity contribution in [3.63, 3.8) is 0 Å². The molecular weight excluding hydrogens is 264 g/mol. The van der Waals surface area contributed by atoms with Gasteiger partial charge in [-0.1, -0.05) is 25.5 Å². The zero-order valence-corrected chi connectivity index (χ0v) is 13.4. The Bertz CT molecular complexity index is 493. The van der Waals surface area contributed by atoms with Crippen LogP contribution in [0.25, 0.3) is 0 Å². The van der Waals surface area contributed by atoms with Gasteiger partial charge in [-0.2, -0.15) is 0 Å². The molecule has 3 nitrogen and oxygen atoms in total. The molecule has 3 heteroatoms. The predicted molar refractivity (Wildman–Crippen MR) is 80.6 cm³/mol. The molecule has 3 rings (SSSR count). The normalized spacial score (nSPS) is 42.6. The molecular formula is C18H26O3. The highest BCUT2D eigenvalue weighted by molar-refractivity contribution is 5.84. The van der Waals surface area contributed by atoms with E-state index in [1.165, 1.54) is 18.9 Å². The summed E-state index contributed by atoms with van der Waals surface area (Å²) >= 11 is 0. The van der Waals surface area contributed by atoms with Crippen LogP contribution in [0.1, 0.15) is 59.3 Å². The molecule has 21 heavy (non-hydrogen) atoms. The fourth-order valence-corrected chi connectivity index (χ4v) is 4.93. The summed E-state index contributed by atoms with van der Waals surface area (Å²) in [5, 5.41) is 0. The number of ether oxygens (including phenoxy) is 1. The molecule has 0 aromatic heterocycles. The van der Waals surface area contributed by atoms with E-state index in [0.29, 0.717) is 11.7 Å². The van der Waals surface area contributed by atoms with Crippen LogP contribution < -0.4 is 0 Å². The molecule has 116 valence electrons. The molecule has 5 unspecified atom stereocenters. The smallest absolute Gasteiger partial charge is 0.302 e. The van der Waals surface area contributed by atoms with Gasteiger partial charge >= 0.3 is 5.97 Å². The lowest BCUT2D eigenvalue weighted by Gasteiger charge is -2.52. The molecule has 0 spiro atoms. The average molecular weight is 290 g/mol. The summed E-state index contributed by atoms with van der Waals surface area (Å²) in [6, 6.07) is 0. The maximum Gasteiger partial charge on any atom is 0.302 e. The molecule has 2 fully saturated rings. The molecule has 3 aliphatic carbocycles. The molecule has 0 amide bonds. The van der Waals surface area contributed by atoms with Gasteiger partial charge < -0.3 is 4.74 Å². The van der Waals surface area contributed by atoms with E-state index in [4.69, 9.17) is 4.74 Å². The van der Waals surface area contributed by atoms with Crippen LogP contribution in [0.4, 0.5) is 0 Å². The summed E-state index contributed by atoms with van der Waals surface area (Å²) in [5.41, 5.74) is 1.58. The van der Waals surface area contributed by atoms with Gasteiger partial charge in [0.15, 0.2) is 0 Å². The van der Waals surface area contributed by atoms with Crippen molar-refractivity contribution in [3.8, 4) is 0 Å². The number of rotatable bonds is 1. The lowest BCUT2D eigenvalue weighted by atomic mass is 9.52. The Morgan fingerprint density at radius 3 is 2.81 bits per heavy atom. The Morgan fingerprint density at radius 1 is 1.33 bits per heavy atom. The van der Waals surface area contributed by atoms with Gasteiger partial charge in [-0.25, -0.2) is 0 Å². The fourth-order valence-electron chi connectivity index (χ4n) is 4.93. The number of allylic oxidation sites excluding steroid dienone is 1. The number of esters is 1. The van der Waals surface area contributed by atoms with Crippen molar-refractivity contribution in [2.45, 2.75) is 65.4 Å². The molecule has 0 aromatic carbocycles. The molecule has 0 radical (unpaired) electrons. The number of hydrogen-bond acceptors (Lipinski definition) is 3. The highest BCUT2D eigenvalue weighted by Crippen LogP contribution is 2.56. The first-order valence-corrected chi connectivity index (χ1v) is 8.32. The van der Waals surface area contributed by atoms with Crippen molar-refractivity contribution < 1.29 is 14.3 Å². The second-order valence-corrected chi connectivity index (χ2v) is 7.45. The third kappa shape index (κ3) is 2.45. The van der Waals surface area contributed by atoms with Crippen LogP contribution in [-0.2, 0) is 14.3 Å². The van der Waals surface area contributed by atoms with Crippen LogP contribution in [0.15, 0.2) is 11.6 Å². The number of ketones is 1. The molecule has 0 bridgehead atoms. The van der Waals surface area contributed by atoms with Crippen LogP contribution >= 0.6 is 0 Å². The third-order valence-corrected chi connectivity index (χ3v) is 6.18. The maximum absolute atomic E-state index is 12.5. The van der Waals surface area contributed by atoms with Crippen molar-refractivity contribution >= 4 is 11.8 Å². The summed E-state index contributed by atoms with van der Waals surface area (Å²) in [7, 11) is 0. The van der Waals surface area contributed by atoms with E-state index < -0.39 is 0 Å². The van der Waals surface area contributed by atoms with Crippen molar-refractivity contribution in [1.82, 2.24) is 0 Å². The second kappa shape index (κ2) is 5.26. The number of carbonyl (C=O) groups is 2. The average Bonchev–Trinajstić information content (AvgIpc) is 2.42. The highest BCUT2D eigenvalue weighted by Gasteiger charge is 2.51. The quantitative estimate of drug-likeness (QED) is 0.546. The molecule has 0 heterocycles. The number of carbonyl (C=O) groups excluding carboxylic acids is 2. The zero-order valence-electron chi connectivity index (χ0n) is 13.4. The number of hydrogen-bond donors (Lipinski definition) is 0. The first-order valence-electron chi connectivity index (χ1n) is 8.32. The molecule has 0 aromatic rings. The van der Waals surface area contributed by atoms with Crippen molar-refractivity contribution in [2.24, 2.45) is 23.2 Å². The Balaban J connectivity index is 1.82. The van der Waals surface area contributed by atoms with E-state index in [0.717, 1.165) is 32.1 Å². The van der Waals surface area contributed by atoms with E-state index in [2.05, 4.69) is 19.9 Å². The minimum Gasteiger partial charge on any atom is -0.462 e. The molecule has 2 saturated carbocycles. The Labute approximate surface area is 127 Å². The van der Waals surface area contributed by atoms with Gasteiger partial charge in [0.2, 0.25) is 0 Å². The minimum absolute atomic E-state index is 0.0385. The van der Waals surface area contributed by atoms with Crippen LogP contribution in [0.3, 0.4) is 0 Å². The number of fused-ring (bicyclic) bond motifs is 3. The highest BCUT2D eigenvalue weighted by atomic mass is 16.5. The van der Waals surface area contributed by atoms with E-state index in [9.17, 15) is 9.59 Å². The summed E-state index contributed by atoms with van der Waals surface area (Å²) in [6.45, 7) is 5.90. The predicted octanol–water partition coefficient (Wildman–Crippen LogP) is 3.67. The Morgan fingerprint density at radius 2 is 2.10 bits per heavy atom. The van der Waals surface area contributed by atoms with Gasteiger partial charge in [0, 0.05) is 25.2 Å². The molecule has 0 aliphatic heterocycles. The third-order valence-electron chi connectivity index (χ3n) is 6.18. The van der Waals surface area contributed by atoms with Crippen LogP contribution in [-0.4, -0.2) is 17.9 Å². The SMILES string of the molecule is CC(=O)OC1CCC2(C)C(=CCC3C(=O)C(C)CCC32)C1. The fraction of sp³-hybridized carbons (Fsp3) is 0.778. The maximum atomic E-state index is 12.5. The summed E-state index contributed by atoms with van der Waals surface area (Å²) in [5.74, 6) is 1.26. The summed E-state index contributed by atoms with van der Waals surface area (Å²) < 4.78 is 5.41. The van der Waals surface area contributed by atoms with Crippen LogP contribution in [0.5, 0.6) is 0 Å². The molecule has 0 N–H and O–H groups in total.